The van der Waals surface area contributed by atoms with E-state index < -0.39 is 0 Å². The lowest BCUT2D eigenvalue weighted by molar-refractivity contribution is 0.0712. The number of nitrogens with two attached hydrogens (primary N) is 1. The van der Waals surface area contributed by atoms with Crippen molar-refractivity contribution in [3.8, 4) is 0 Å². The van der Waals surface area contributed by atoms with Gasteiger partial charge >= 0.3 is 0 Å². The van der Waals surface area contributed by atoms with Crippen LogP contribution in [0.3, 0.4) is 0 Å². The average Bonchev–Trinajstić information content (AvgIpc) is 2.27. The molecule has 0 spiro atoms. The number of thiocarbonyl (C=S) groups is 1. The third kappa shape index (κ3) is 4.34. The Morgan fingerprint density at radius 1 is 1.37 bits per heavy atom. The van der Waals surface area contributed by atoms with Crippen LogP contribution in [0.1, 0.15) is 30.6 Å². The summed E-state index contributed by atoms with van der Waals surface area (Å²) in [7, 11) is 0. The SMILES string of the molecule is CC(C)N(CCC(N)=S)C(=O)c1c(Cl)cccc1Cl. The zero-order valence-electron chi connectivity index (χ0n) is 10.8. The first kappa shape index (κ1) is 16.2. The van der Waals surface area contributed by atoms with Gasteiger partial charge in [-0.3, -0.25) is 4.79 Å². The molecule has 0 aliphatic heterocycles. The lowest BCUT2D eigenvalue weighted by Crippen LogP contribution is -2.39. The van der Waals surface area contributed by atoms with Gasteiger partial charge in [0, 0.05) is 19.0 Å². The van der Waals surface area contributed by atoms with Gasteiger partial charge in [-0.15, -0.1) is 0 Å². The molecule has 1 amide bonds. The molecular weight excluding hydrogens is 303 g/mol. The second-order valence-corrected chi connectivity index (χ2v) is 5.74. The van der Waals surface area contributed by atoms with E-state index in [-0.39, 0.29) is 11.9 Å². The van der Waals surface area contributed by atoms with Crippen molar-refractivity contribution >= 4 is 46.3 Å². The molecule has 3 nitrogen and oxygen atoms in total. The number of benzene rings is 1. The summed E-state index contributed by atoms with van der Waals surface area (Å²) in [5.74, 6) is -0.207. The van der Waals surface area contributed by atoms with Crippen molar-refractivity contribution in [2.75, 3.05) is 6.54 Å². The van der Waals surface area contributed by atoms with Crippen LogP contribution in [0.4, 0.5) is 0 Å². The number of rotatable bonds is 5. The first-order chi connectivity index (χ1) is 8.84. The molecule has 0 fully saturated rings. The summed E-state index contributed by atoms with van der Waals surface area (Å²) in [6.07, 6.45) is 0.474. The van der Waals surface area contributed by atoms with Gasteiger partial charge in [0.25, 0.3) is 5.91 Å². The largest absolute Gasteiger partial charge is 0.393 e. The number of hydrogen-bond acceptors (Lipinski definition) is 2. The summed E-state index contributed by atoms with van der Waals surface area (Å²) in [6.45, 7) is 4.29. The van der Waals surface area contributed by atoms with E-state index in [0.29, 0.717) is 33.6 Å². The maximum atomic E-state index is 12.5. The molecule has 19 heavy (non-hydrogen) atoms. The fraction of sp³-hybridized carbons (Fsp3) is 0.385. The molecule has 0 bridgehead atoms. The monoisotopic (exact) mass is 318 g/mol. The standard InChI is InChI=1S/C13H16Cl2N2OS/c1-8(2)17(7-6-11(16)19)13(18)12-9(14)4-3-5-10(12)15/h3-5,8H,6-7H2,1-2H3,(H2,16,19). The molecule has 0 atom stereocenters. The van der Waals surface area contributed by atoms with Crippen LogP contribution in [0.15, 0.2) is 18.2 Å². The first-order valence-electron chi connectivity index (χ1n) is 5.88. The summed E-state index contributed by atoms with van der Waals surface area (Å²) in [5, 5.41) is 0.692. The Labute approximate surface area is 128 Å². The molecule has 0 aliphatic carbocycles. The summed E-state index contributed by atoms with van der Waals surface area (Å²) in [5.41, 5.74) is 5.80. The molecule has 0 aliphatic rings. The van der Waals surface area contributed by atoms with Crippen molar-refractivity contribution in [2.24, 2.45) is 5.73 Å². The van der Waals surface area contributed by atoms with Crippen LogP contribution >= 0.6 is 35.4 Å². The fourth-order valence-electron chi connectivity index (χ4n) is 1.67. The molecular formula is C13H16Cl2N2OS. The van der Waals surface area contributed by atoms with Gasteiger partial charge in [0.1, 0.15) is 0 Å². The molecule has 0 saturated heterocycles. The number of hydrogen-bond donors (Lipinski definition) is 1. The Bertz CT molecular complexity index is 471. The van der Waals surface area contributed by atoms with Crippen LogP contribution in [-0.2, 0) is 0 Å². The molecule has 1 aromatic rings. The van der Waals surface area contributed by atoms with Gasteiger partial charge in [-0.1, -0.05) is 41.5 Å². The summed E-state index contributed by atoms with van der Waals surface area (Å²) < 4.78 is 0. The van der Waals surface area contributed by atoms with E-state index in [9.17, 15) is 4.79 Å². The fourth-order valence-corrected chi connectivity index (χ4v) is 2.32. The van der Waals surface area contributed by atoms with Crippen molar-refractivity contribution in [1.29, 1.82) is 0 Å². The topological polar surface area (TPSA) is 46.3 Å². The highest BCUT2D eigenvalue weighted by atomic mass is 35.5. The molecule has 0 radical (unpaired) electrons. The van der Waals surface area contributed by atoms with Gasteiger partial charge in [0.15, 0.2) is 0 Å². The summed E-state index contributed by atoms with van der Waals surface area (Å²) in [4.78, 5) is 14.6. The molecule has 0 heterocycles. The molecule has 104 valence electrons. The molecule has 1 rings (SSSR count). The number of carbonyl (C=O) groups is 1. The lowest BCUT2D eigenvalue weighted by Gasteiger charge is -2.27. The average molecular weight is 319 g/mol. The van der Waals surface area contributed by atoms with Gasteiger partial charge in [-0.25, -0.2) is 0 Å². The van der Waals surface area contributed by atoms with E-state index in [4.69, 9.17) is 41.2 Å². The molecule has 1 aromatic carbocycles. The minimum atomic E-state index is -0.207. The Morgan fingerprint density at radius 2 is 1.89 bits per heavy atom. The van der Waals surface area contributed by atoms with Crippen molar-refractivity contribution < 1.29 is 4.79 Å². The number of amides is 1. The van der Waals surface area contributed by atoms with Crippen molar-refractivity contribution in [3.05, 3.63) is 33.8 Å². The number of carbonyl (C=O) groups excluding carboxylic acids is 1. The minimum absolute atomic E-state index is 0.00851. The van der Waals surface area contributed by atoms with Gasteiger partial charge in [0.2, 0.25) is 0 Å². The van der Waals surface area contributed by atoms with Crippen molar-refractivity contribution in [3.63, 3.8) is 0 Å². The van der Waals surface area contributed by atoms with E-state index >= 15 is 0 Å². The highest BCUT2D eigenvalue weighted by Crippen LogP contribution is 2.26. The Kier molecular flexibility index (Phi) is 6.04. The van der Waals surface area contributed by atoms with Crippen LogP contribution in [0.25, 0.3) is 0 Å². The van der Waals surface area contributed by atoms with Gasteiger partial charge < -0.3 is 10.6 Å². The van der Waals surface area contributed by atoms with Crippen molar-refractivity contribution in [2.45, 2.75) is 26.3 Å². The molecule has 0 saturated carbocycles. The quantitative estimate of drug-likeness (QED) is 0.845. The van der Waals surface area contributed by atoms with Crippen LogP contribution in [0, 0.1) is 0 Å². The second kappa shape index (κ2) is 7.08. The highest BCUT2D eigenvalue weighted by molar-refractivity contribution is 7.80. The lowest BCUT2D eigenvalue weighted by atomic mass is 10.1. The van der Waals surface area contributed by atoms with E-state index in [1.165, 1.54) is 0 Å². The zero-order valence-corrected chi connectivity index (χ0v) is 13.1. The Balaban J connectivity index is 3.03. The van der Waals surface area contributed by atoms with E-state index in [0.717, 1.165) is 0 Å². The minimum Gasteiger partial charge on any atom is -0.393 e. The maximum Gasteiger partial charge on any atom is 0.257 e. The number of halogens is 2. The van der Waals surface area contributed by atoms with Gasteiger partial charge in [-0.2, -0.15) is 0 Å². The second-order valence-electron chi connectivity index (χ2n) is 4.41. The molecule has 0 aromatic heterocycles. The van der Waals surface area contributed by atoms with Gasteiger partial charge in [-0.05, 0) is 26.0 Å². The smallest absolute Gasteiger partial charge is 0.257 e. The van der Waals surface area contributed by atoms with Gasteiger partial charge in [0.05, 0.1) is 20.6 Å². The molecule has 0 unspecified atom stereocenters. The maximum absolute atomic E-state index is 12.5. The van der Waals surface area contributed by atoms with Crippen LogP contribution in [0.2, 0.25) is 10.0 Å². The van der Waals surface area contributed by atoms with E-state index in [2.05, 4.69) is 0 Å². The summed E-state index contributed by atoms with van der Waals surface area (Å²) in [6, 6.07) is 5.00. The van der Waals surface area contributed by atoms with Crippen molar-refractivity contribution in [1.82, 2.24) is 4.90 Å². The first-order valence-corrected chi connectivity index (χ1v) is 7.04. The predicted molar refractivity (Wildman–Crippen MR) is 84.0 cm³/mol. The van der Waals surface area contributed by atoms with E-state index in [1.54, 1.807) is 23.1 Å². The van der Waals surface area contributed by atoms with E-state index in [1.807, 2.05) is 13.8 Å². The van der Waals surface area contributed by atoms with Crippen LogP contribution in [-0.4, -0.2) is 28.4 Å². The van der Waals surface area contributed by atoms with Crippen LogP contribution < -0.4 is 5.73 Å². The molecule has 6 heteroatoms. The normalized spacial score (nSPS) is 10.6. The highest BCUT2D eigenvalue weighted by Gasteiger charge is 2.23. The third-order valence-electron chi connectivity index (χ3n) is 2.66. The summed E-state index contributed by atoms with van der Waals surface area (Å²) >= 11 is 16.9. The predicted octanol–water partition coefficient (Wildman–Crippen LogP) is 3.52. The number of nitrogens with zero attached hydrogens (tertiary/aromatic N) is 1. The van der Waals surface area contributed by atoms with Crippen LogP contribution in [0.5, 0.6) is 0 Å². The Hall–Kier alpha value is -0.840. The molecule has 2 N–H and O–H groups in total. The Morgan fingerprint density at radius 3 is 2.32 bits per heavy atom. The third-order valence-corrected chi connectivity index (χ3v) is 3.49. The zero-order chi connectivity index (χ0) is 14.6.